The fraction of sp³-hybridized carbons (Fsp3) is 0.611. The summed E-state index contributed by atoms with van der Waals surface area (Å²) in [5, 5.41) is 4.97. The van der Waals surface area contributed by atoms with E-state index in [1.54, 1.807) is 4.90 Å². The fourth-order valence-corrected chi connectivity index (χ4v) is 4.49. The number of dihydropyridines is 1. The third kappa shape index (κ3) is 5.18. The van der Waals surface area contributed by atoms with Crippen LogP contribution < -0.4 is 10.7 Å². The van der Waals surface area contributed by atoms with Crippen LogP contribution in [0.1, 0.15) is 26.2 Å². The van der Waals surface area contributed by atoms with Crippen LogP contribution in [0.25, 0.3) is 0 Å². The number of carbonyl (C=O) groups excluding carboxylic acids is 1. The molecule has 150 valence electrons. The summed E-state index contributed by atoms with van der Waals surface area (Å²) < 4.78 is 25.7. The normalized spacial score (nSPS) is 25.7. The van der Waals surface area contributed by atoms with Crippen molar-refractivity contribution in [2.75, 3.05) is 24.6 Å². The Balaban J connectivity index is 1.47. The summed E-state index contributed by atoms with van der Waals surface area (Å²) in [6.07, 6.45) is 8.69. The molecule has 2 N–H and O–H groups in total. The average molecular weight is 419 g/mol. The van der Waals surface area contributed by atoms with Gasteiger partial charge >= 0.3 is 0 Å². The van der Waals surface area contributed by atoms with Gasteiger partial charge in [-0.05, 0) is 37.4 Å². The van der Waals surface area contributed by atoms with Crippen molar-refractivity contribution in [1.29, 1.82) is 0 Å². The van der Waals surface area contributed by atoms with Gasteiger partial charge in [-0.25, -0.2) is 14.2 Å². The van der Waals surface area contributed by atoms with Crippen LogP contribution >= 0.6 is 23.4 Å². The van der Waals surface area contributed by atoms with E-state index in [0.29, 0.717) is 37.4 Å². The molecule has 2 unspecified atom stereocenters. The van der Waals surface area contributed by atoms with E-state index >= 15 is 0 Å². The van der Waals surface area contributed by atoms with Gasteiger partial charge in [0, 0.05) is 37.3 Å². The van der Waals surface area contributed by atoms with Crippen LogP contribution in [-0.4, -0.2) is 51.8 Å². The van der Waals surface area contributed by atoms with Gasteiger partial charge < -0.3 is 10.2 Å². The second-order valence-corrected chi connectivity index (χ2v) is 8.38. The van der Waals surface area contributed by atoms with Gasteiger partial charge in [-0.1, -0.05) is 11.6 Å². The van der Waals surface area contributed by atoms with Gasteiger partial charge in [0.15, 0.2) is 0 Å². The lowest BCUT2D eigenvalue weighted by atomic mass is 10.2. The van der Waals surface area contributed by atoms with Gasteiger partial charge in [-0.15, -0.1) is 0 Å². The number of hydrogen-bond donors (Lipinski definition) is 2. The fourth-order valence-electron chi connectivity index (χ4n) is 3.05. The SMILES string of the molecule is CCN(C(=O)CCCSCC1CC1(F)F)C1=CN(C2=CC=CNC2)NC1Cl. The average Bonchev–Trinajstić information content (AvgIpc) is 3.08. The molecule has 1 saturated carbocycles. The van der Waals surface area contributed by atoms with E-state index in [4.69, 9.17) is 11.6 Å². The van der Waals surface area contributed by atoms with Gasteiger partial charge in [-0.2, -0.15) is 11.8 Å². The van der Waals surface area contributed by atoms with Gasteiger partial charge in [0.25, 0.3) is 5.92 Å². The third-order valence-electron chi connectivity index (χ3n) is 4.75. The minimum absolute atomic E-state index is 0.00560. The molecular formula is C18H25ClF2N4OS. The van der Waals surface area contributed by atoms with E-state index in [9.17, 15) is 13.6 Å². The number of halogens is 3. The molecular weight excluding hydrogens is 394 g/mol. The summed E-state index contributed by atoms with van der Waals surface area (Å²) in [6, 6.07) is 0. The van der Waals surface area contributed by atoms with Crippen molar-refractivity contribution < 1.29 is 13.6 Å². The quantitative estimate of drug-likeness (QED) is 0.342. The topological polar surface area (TPSA) is 47.6 Å². The zero-order chi connectivity index (χ0) is 19.4. The van der Waals surface area contributed by atoms with Crippen LogP contribution in [0.3, 0.4) is 0 Å². The summed E-state index contributed by atoms with van der Waals surface area (Å²) in [5.74, 6) is -1.73. The van der Waals surface area contributed by atoms with E-state index in [2.05, 4.69) is 10.7 Å². The molecule has 2 aliphatic heterocycles. The van der Waals surface area contributed by atoms with Gasteiger partial charge in [0.05, 0.1) is 17.9 Å². The van der Waals surface area contributed by atoms with Crippen LogP contribution in [-0.2, 0) is 4.79 Å². The number of hydrazine groups is 1. The molecule has 0 spiro atoms. The molecule has 3 rings (SSSR count). The number of hydrogen-bond acceptors (Lipinski definition) is 5. The highest BCUT2D eigenvalue weighted by Crippen LogP contribution is 2.50. The number of rotatable bonds is 9. The zero-order valence-electron chi connectivity index (χ0n) is 15.3. The first-order chi connectivity index (χ1) is 12.9. The smallest absolute Gasteiger partial charge is 0.252 e. The number of nitrogens with zero attached hydrogens (tertiary/aromatic N) is 2. The molecule has 0 aromatic heterocycles. The lowest BCUT2D eigenvalue weighted by molar-refractivity contribution is -0.129. The first-order valence-corrected chi connectivity index (χ1v) is 10.8. The number of nitrogens with one attached hydrogen (secondary N) is 2. The molecule has 2 atom stereocenters. The number of allylic oxidation sites excluding steroid dienone is 2. The first kappa shape index (κ1) is 20.5. The Hall–Kier alpha value is -1.25. The molecule has 9 heteroatoms. The highest BCUT2D eigenvalue weighted by atomic mass is 35.5. The summed E-state index contributed by atoms with van der Waals surface area (Å²) in [6.45, 7) is 3.12. The minimum Gasteiger partial charge on any atom is -0.385 e. The van der Waals surface area contributed by atoms with E-state index in [1.807, 2.05) is 36.5 Å². The van der Waals surface area contributed by atoms with Gasteiger partial charge in [0.2, 0.25) is 5.91 Å². The van der Waals surface area contributed by atoms with E-state index < -0.39 is 17.3 Å². The number of likely N-dealkylation sites (N-methyl/N-ethyl adjacent to an activating group) is 1. The Morgan fingerprint density at radius 3 is 2.93 bits per heavy atom. The summed E-state index contributed by atoms with van der Waals surface area (Å²) >= 11 is 7.91. The maximum Gasteiger partial charge on any atom is 0.252 e. The predicted octanol–water partition coefficient (Wildman–Crippen LogP) is 3.23. The first-order valence-electron chi connectivity index (χ1n) is 9.18. The van der Waals surface area contributed by atoms with Crippen LogP contribution in [0.15, 0.2) is 35.9 Å². The highest BCUT2D eigenvalue weighted by Gasteiger charge is 2.56. The minimum atomic E-state index is -2.45. The number of amides is 1. The van der Waals surface area contributed by atoms with Crippen LogP contribution in [0.2, 0.25) is 0 Å². The second kappa shape index (κ2) is 8.84. The monoisotopic (exact) mass is 418 g/mol. The zero-order valence-corrected chi connectivity index (χ0v) is 16.8. The largest absolute Gasteiger partial charge is 0.385 e. The summed E-state index contributed by atoms with van der Waals surface area (Å²) in [4.78, 5) is 14.3. The molecule has 0 radical (unpaired) electrons. The molecule has 3 aliphatic rings. The van der Waals surface area contributed by atoms with E-state index in [1.165, 1.54) is 11.8 Å². The Morgan fingerprint density at radius 1 is 1.52 bits per heavy atom. The maximum atomic E-state index is 12.8. The van der Waals surface area contributed by atoms with Crippen molar-refractivity contribution in [3.63, 3.8) is 0 Å². The van der Waals surface area contributed by atoms with Crippen molar-refractivity contribution in [2.24, 2.45) is 5.92 Å². The molecule has 0 saturated heterocycles. The standard InChI is InChI=1S/C18H25ClF2N4OS/c1-2-24(16(26)6-4-8-27-12-13-9-18(13,20)21)15-11-25(23-17(15)19)14-5-3-7-22-10-14/h3,5,7,11,13,17,22-23H,2,4,6,8-10,12H2,1H3. The number of thioether (sulfide) groups is 1. The Morgan fingerprint density at radius 2 is 2.30 bits per heavy atom. The van der Waals surface area contributed by atoms with Crippen LogP contribution in [0, 0.1) is 5.92 Å². The maximum absolute atomic E-state index is 12.8. The molecule has 0 aromatic carbocycles. The predicted molar refractivity (Wildman–Crippen MR) is 105 cm³/mol. The van der Waals surface area contributed by atoms with Crippen LogP contribution in [0.5, 0.6) is 0 Å². The molecule has 2 heterocycles. The lowest BCUT2D eigenvalue weighted by Crippen LogP contribution is -2.38. The highest BCUT2D eigenvalue weighted by molar-refractivity contribution is 7.99. The Bertz CT molecular complexity index is 655. The van der Waals surface area contributed by atoms with Crippen molar-refractivity contribution >= 4 is 29.3 Å². The van der Waals surface area contributed by atoms with Crippen LogP contribution in [0.4, 0.5) is 8.78 Å². The van der Waals surface area contributed by atoms with Crippen molar-refractivity contribution in [3.8, 4) is 0 Å². The van der Waals surface area contributed by atoms with E-state index in [-0.39, 0.29) is 12.3 Å². The third-order valence-corrected chi connectivity index (χ3v) is 6.29. The summed E-state index contributed by atoms with van der Waals surface area (Å²) in [7, 11) is 0. The number of carbonyl (C=O) groups is 1. The number of alkyl halides is 3. The van der Waals surface area contributed by atoms with Gasteiger partial charge in [0.1, 0.15) is 5.50 Å². The van der Waals surface area contributed by atoms with Crippen molar-refractivity contribution in [2.45, 2.75) is 37.6 Å². The Kier molecular flexibility index (Phi) is 6.70. The van der Waals surface area contributed by atoms with Gasteiger partial charge in [-0.3, -0.25) is 9.80 Å². The molecule has 5 nitrogen and oxygen atoms in total. The van der Waals surface area contributed by atoms with Crippen molar-refractivity contribution in [3.05, 3.63) is 35.9 Å². The Labute approximate surface area is 167 Å². The lowest BCUT2D eigenvalue weighted by Gasteiger charge is -2.23. The second-order valence-electron chi connectivity index (χ2n) is 6.79. The molecule has 1 fully saturated rings. The van der Waals surface area contributed by atoms with E-state index in [0.717, 1.165) is 11.4 Å². The summed E-state index contributed by atoms with van der Waals surface area (Å²) in [5.41, 5.74) is 4.40. The molecule has 1 aliphatic carbocycles. The van der Waals surface area contributed by atoms with Crippen molar-refractivity contribution in [1.82, 2.24) is 20.7 Å². The molecule has 27 heavy (non-hydrogen) atoms. The molecule has 0 bridgehead atoms. The molecule has 0 aromatic rings. The molecule has 1 amide bonds.